The molecule has 1 saturated carbocycles. The van der Waals surface area contributed by atoms with Gasteiger partial charge in [-0.05, 0) is 34.8 Å². The Morgan fingerprint density at radius 1 is 1.56 bits per heavy atom. The third kappa shape index (κ3) is 2.79. The van der Waals surface area contributed by atoms with Crippen molar-refractivity contribution < 1.29 is 14.8 Å². The molecular weight excluding hydrogens is 304 g/mol. The Kier molecular flexibility index (Phi) is 3.51. The van der Waals surface area contributed by atoms with Crippen molar-refractivity contribution in [2.24, 2.45) is 0 Å². The molecule has 0 atom stereocenters. The number of nitrogens with zero attached hydrogens (tertiary/aromatic N) is 2. The van der Waals surface area contributed by atoms with Crippen LogP contribution >= 0.6 is 15.9 Å². The van der Waals surface area contributed by atoms with Crippen LogP contribution in [-0.4, -0.2) is 28.6 Å². The molecule has 7 heteroatoms. The maximum atomic E-state index is 10.8. The molecule has 1 aromatic rings. The van der Waals surface area contributed by atoms with Crippen LogP contribution in [0.5, 0.6) is 0 Å². The van der Waals surface area contributed by atoms with Crippen LogP contribution in [0.4, 0.5) is 11.4 Å². The highest BCUT2D eigenvalue weighted by molar-refractivity contribution is 9.10. The Bertz CT molecular complexity index is 502. The average molecular weight is 315 g/mol. The van der Waals surface area contributed by atoms with Crippen LogP contribution in [0.3, 0.4) is 0 Å². The van der Waals surface area contributed by atoms with Gasteiger partial charge >= 0.3 is 5.97 Å². The number of carbonyl (C=O) groups is 1. The Labute approximate surface area is 111 Å². The molecule has 18 heavy (non-hydrogen) atoms. The maximum absolute atomic E-state index is 10.8. The fraction of sp³-hybridized carbons (Fsp3) is 0.364. The van der Waals surface area contributed by atoms with E-state index < -0.39 is 10.9 Å². The van der Waals surface area contributed by atoms with Gasteiger partial charge in [0.1, 0.15) is 6.54 Å². The van der Waals surface area contributed by atoms with Crippen molar-refractivity contribution in [3.63, 3.8) is 0 Å². The number of nitro benzene ring substituents is 1. The van der Waals surface area contributed by atoms with Crippen LogP contribution in [0.25, 0.3) is 0 Å². The topological polar surface area (TPSA) is 83.7 Å². The molecule has 0 amide bonds. The largest absolute Gasteiger partial charge is 0.480 e. The zero-order valence-electron chi connectivity index (χ0n) is 9.38. The van der Waals surface area contributed by atoms with Crippen LogP contribution in [0.2, 0.25) is 0 Å². The average Bonchev–Trinajstić information content (AvgIpc) is 3.09. The Morgan fingerprint density at radius 2 is 2.22 bits per heavy atom. The van der Waals surface area contributed by atoms with Gasteiger partial charge in [0.2, 0.25) is 0 Å². The quantitative estimate of drug-likeness (QED) is 0.666. The normalized spacial score (nSPS) is 14.3. The summed E-state index contributed by atoms with van der Waals surface area (Å²) in [5.74, 6) is -0.910. The number of halogens is 1. The first-order valence-electron chi connectivity index (χ1n) is 5.41. The lowest BCUT2D eigenvalue weighted by Crippen LogP contribution is -2.31. The Hall–Kier alpha value is -1.63. The zero-order chi connectivity index (χ0) is 13.3. The van der Waals surface area contributed by atoms with Crippen molar-refractivity contribution in [2.45, 2.75) is 18.9 Å². The van der Waals surface area contributed by atoms with Gasteiger partial charge in [-0.15, -0.1) is 0 Å². The lowest BCUT2D eigenvalue weighted by atomic mass is 10.2. The third-order valence-corrected chi connectivity index (χ3v) is 3.38. The molecule has 1 aliphatic carbocycles. The number of hydrogen-bond acceptors (Lipinski definition) is 4. The van der Waals surface area contributed by atoms with Crippen LogP contribution in [-0.2, 0) is 4.79 Å². The second-order valence-corrected chi connectivity index (χ2v) is 5.00. The van der Waals surface area contributed by atoms with Crippen molar-refractivity contribution in [2.75, 3.05) is 11.4 Å². The summed E-state index contributed by atoms with van der Waals surface area (Å²) < 4.78 is 0.546. The smallest absolute Gasteiger partial charge is 0.323 e. The zero-order valence-corrected chi connectivity index (χ0v) is 11.0. The summed E-state index contributed by atoms with van der Waals surface area (Å²) in [6.07, 6.45) is 1.91. The van der Waals surface area contributed by atoms with E-state index in [2.05, 4.69) is 15.9 Å². The second kappa shape index (κ2) is 4.93. The van der Waals surface area contributed by atoms with Gasteiger partial charge in [-0.25, -0.2) is 0 Å². The molecule has 1 aromatic carbocycles. The van der Waals surface area contributed by atoms with E-state index in [1.165, 1.54) is 12.1 Å². The van der Waals surface area contributed by atoms with E-state index in [0.29, 0.717) is 10.2 Å². The van der Waals surface area contributed by atoms with Gasteiger partial charge in [0.05, 0.1) is 10.6 Å². The SMILES string of the molecule is O=C(O)CN(c1ccc([N+](=O)[O-])cc1Br)C1CC1. The maximum Gasteiger partial charge on any atom is 0.323 e. The predicted octanol–water partition coefficient (Wildman–Crippen LogP) is 2.41. The van der Waals surface area contributed by atoms with Gasteiger partial charge in [-0.3, -0.25) is 14.9 Å². The van der Waals surface area contributed by atoms with Crippen LogP contribution < -0.4 is 4.90 Å². The van der Waals surface area contributed by atoms with Crippen LogP contribution in [0.15, 0.2) is 22.7 Å². The summed E-state index contributed by atoms with van der Waals surface area (Å²) in [4.78, 5) is 22.8. The lowest BCUT2D eigenvalue weighted by molar-refractivity contribution is -0.384. The van der Waals surface area contributed by atoms with E-state index in [1.54, 1.807) is 11.0 Å². The third-order valence-electron chi connectivity index (χ3n) is 2.74. The molecule has 96 valence electrons. The number of carboxylic acid groups (broad SMARTS) is 1. The standard InChI is InChI=1S/C11H11BrN2O4/c12-9-5-8(14(17)18)3-4-10(9)13(6-11(15)16)7-1-2-7/h3-5,7H,1-2,6H2,(H,15,16). The highest BCUT2D eigenvalue weighted by Gasteiger charge is 2.31. The second-order valence-electron chi connectivity index (χ2n) is 4.15. The number of nitro groups is 1. The molecule has 0 radical (unpaired) electrons. The Morgan fingerprint density at radius 3 is 2.67 bits per heavy atom. The number of hydrogen-bond donors (Lipinski definition) is 1. The number of aliphatic carboxylic acids is 1. The molecule has 0 aromatic heterocycles. The van der Waals surface area contributed by atoms with E-state index >= 15 is 0 Å². The number of rotatable bonds is 5. The molecule has 6 nitrogen and oxygen atoms in total. The van der Waals surface area contributed by atoms with Gasteiger partial charge in [-0.1, -0.05) is 0 Å². The van der Waals surface area contributed by atoms with E-state index in [1.807, 2.05) is 0 Å². The lowest BCUT2D eigenvalue weighted by Gasteiger charge is -2.23. The summed E-state index contributed by atoms with van der Waals surface area (Å²) >= 11 is 3.26. The van der Waals surface area contributed by atoms with Crippen molar-refractivity contribution in [1.29, 1.82) is 0 Å². The fourth-order valence-corrected chi connectivity index (χ4v) is 2.38. The highest BCUT2D eigenvalue weighted by atomic mass is 79.9. The molecule has 1 N–H and O–H groups in total. The van der Waals surface area contributed by atoms with E-state index in [0.717, 1.165) is 12.8 Å². The summed E-state index contributed by atoms with van der Waals surface area (Å²) in [6, 6.07) is 4.59. The van der Waals surface area contributed by atoms with E-state index in [9.17, 15) is 14.9 Å². The number of non-ortho nitro benzene ring substituents is 1. The number of carboxylic acids is 1. The van der Waals surface area contributed by atoms with E-state index in [4.69, 9.17) is 5.11 Å². The molecule has 0 unspecified atom stereocenters. The fourth-order valence-electron chi connectivity index (χ4n) is 1.79. The summed E-state index contributed by atoms with van der Waals surface area (Å²) in [5.41, 5.74) is 0.669. The monoisotopic (exact) mass is 314 g/mol. The molecule has 1 fully saturated rings. The van der Waals surface area contributed by atoms with Crippen molar-refractivity contribution in [3.05, 3.63) is 32.8 Å². The Balaban J connectivity index is 2.30. The first kappa shape index (κ1) is 12.8. The van der Waals surface area contributed by atoms with Crippen LogP contribution in [0.1, 0.15) is 12.8 Å². The minimum Gasteiger partial charge on any atom is -0.480 e. The first-order valence-corrected chi connectivity index (χ1v) is 6.20. The predicted molar refractivity (Wildman–Crippen MR) is 68.8 cm³/mol. The van der Waals surface area contributed by atoms with Gasteiger partial charge in [0.25, 0.3) is 5.69 Å². The molecule has 2 rings (SSSR count). The number of benzene rings is 1. The van der Waals surface area contributed by atoms with Gasteiger partial charge in [-0.2, -0.15) is 0 Å². The molecule has 1 aliphatic rings. The molecule has 0 aliphatic heterocycles. The van der Waals surface area contributed by atoms with Gasteiger partial charge in [0, 0.05) is 22.6 Å². The van der Waals surface area contributed by atoms with Crippen LogP contribution in [0, 0.1) is 10.1 Å². The summed E-state index contributed by atoms with van der Waals surface area (Å²) in [5, 5.41) is 19.5. The van der Waals surface area contributed by atoms with Gasteiger partial charge in [0.15, 0.2) is 0 Å². The van der Waals surface area contributed by atoms with Gasteiger partial charge < -0.3 is 10.0 Å². The van der Waals surface area contributed by atoms with E-state index in [-0.39, 0.29) is 18.3 Å². The summed E-state index contributed by atoms with van der Waals surface area (Å²) in [7, 11) is 0. The van der Waals surface area contributed by atoms with Crippen molar-refractivity contribution >= 4 is 33.3 Å². The van der Waals surface area contributed by atoms with Crippen molar-refractivity contribution in [3.8, 4) is 0 Å². The molecule has 0 spiro atoms. The minimum atomic E-state index is -0.910. The number of anilines is 1. The molecule has 0 saturated heterocycles. The van der Waals surface area contributed by atoms with Crippen molar-refractivity contribution in [1.82, 2.24) is 0 Å². The summed E-state index contributed by atoms with van der Waals surface area (Å²) in [6.45, 7) is -0.0962. The molecular formula is C11H11BrN2O4. The highest BCUT2D eigenvalue weighted by Crippen LogP contribution is 2.37. The molecule has 0 heterocycles. The first-order chi connectivity index (χ1) is 8.49. The minimum absolute atomic E-state index is 0.0169. The molecule has 0 bridgehead atoms.